The van der Waals surface area contributed by atoms with Crippen LogP contribution < -0.4 is 10.5 Å². The minimum atomic E-state index is -0.673. The topological polar surface area (TPSA) is 76.3 Å². The molecule has 5 aromatic rings. The van der Waals surface area contributed by atoms with Gasteiger partial charge in [-0.1, -0.05) is 41.7 Å². The number of carbonyl (C=O) groups is 1. The van der Waals surface area contributed by atoms with Crippen LogP contribution in [0.25, 0.3) is 21.2 Å². The number of aromatic nitrogens is 2. The molecule has 0 saturated heterocycles. The van der Waals surface area contributed by atoms with Crippen molar-refractivity contribution in [3.8, 4) is 0 Å². The summed E-state index contributed by atoms with van der Waals surface area (Å²) < 4.78 is 6.40. The molecule has 0 atom stereocenters. The number of hydrogen-bond acceptors (Lipinski definition) is 6. The van der Waals surface area contributed by atoms with Crippen molar-refractivity contribution in [2.45, 2.75) is 20.4 Å². The maximum atomic E-state index is 13.6. The Balaban J connectivity index is 1.65. The molecule has 0 aliphatic rings. The lowest BCUT2D eigenvalue weighted by Crippen LogP contribution is -2.34. The predicted molar refractivity (Wildman–Crippen MR) is 126 cm³/mol. The number of rotatable bonds is 4. The number of carbonyl (C=O) groups excluding carboxylic acids is 1. The van der Waals surface area contributed by atoms with E-state index in [1.165, 1.54) is 16.2 Å². The van der Waals surface area contributed by atoms with Gasteiger partial charge in [-0.25, -0.2) is 9.78 Å². The van der Waals surface area contributed by atoms with E-state index < -0.39 is 11.5 Å². The fourth-order valence-electron chi connectivity index (χ4n) is 3.71. The molecule has 0 fully saturated rings. The zero-order valence-electron chi connectivity index (χ0n) is 17.5. The summed E-state index contributed by atoms with van der Waals surface area (Å²) in [6, 6.07) is 18.3. The van der Waals surface area contributed by atoms with Crippen LogP contribution in [0.4, 0.5) is 5.13 Å². The van der Waals surface area contributed by atoms with Crippen LogP contribution in [-0.2, 0) is 6.54 Å². The normalized spacial score (nSPS) is 11.2. The van der Waals surface area contributed by atoms with Crippen molar-refractivity contribution in [3.63, 3.8) is 0 Å². The Kier molecular flexibility index (Phi) is 5.03. The average Bonchev–Trinajstić information content (AvgIpc) is 3.21. The van der Waals surface area contributed by atoms with E-state index in [0.717, 1.165) is 21.3 Å². The summed E-state index contributed by atoms with van der Waals surface area (Å²) in [4.78, 5) is 36.9. The first-order valence-electron chi connectivity index (χ1n) is 10.1. The van der Waals surface area contributed by atoms with Gasteiger partial charge in [0.05, 0.1) is 22.5 Å². The summed E-state index contributed by atoms with van der Waals surface area (Å²) in [5.74, 6) is -0.469. The molecule has 0 saturated carbocycles. The van der Waals surface area contributed by atoms with Gasteiger partial charge in [0.2, 0.25) is 0 Å². The van der Waals surface area contributed by atoms with Crippen LogP contribution in [0.1, 0.15) is 27.2 Å². The quantitative estimate of drug-likeness (QED) is 0.356. The number of fused-ring (bicyclic) bond motifs is 2. The second-order valence-corrected chi connectivity index (χ2v) is 8.63. The van der Waals surface area contributed by atoms with Gasteiger partial charge in [-0.3, -0.25) is 14.7 Å². The molecule has 0 N–H and O–H groups in total. The lowest BCUT2D eigenvalue weighted by atomic mass is 10.1. The molecular weight excluding hydrogens is 422 g/mol. The summed E-state index contributed by atoms with van der Waals surface area (Å²) in [5.41, 5.74) is 3.44. The van der Waals surface area contributed by atoms with E-state index >= 15 is 0 Å². The summed E-state index contributed by atoms with van der Waals surface area (Å²) >= 11 is 1.42. The van der Waals surface area contributed by atoms with Gasteiger partial charge in [0.25, 0.3) is 5.91 Å². The fourth-order valence-corrected chi connectivity index (χ4v) is 4.85. The third-order valence-electron chi connectivity index (χ3n) is 5.21. The van der Waals surface area contributed by atoms with Crippen molar-refractivity contribution in [2.24, 2.45) is 0 Å². The van der Waals surface area contributed by atoms with E-state index in [9.17, 15) is 9.59 Å². The Morgan fingerprint density at radius 1 is 1.06 bits per heavy atom. The molecule has 3 heterocycles. The number of benzene rings is 2. The van der Waals surface area contributed by atoms with Crippen molar-refractivity contribution in [3.05, 3.63) is 99.7 Å². The first-order chi connectivity index (χ1) is 15.5. The molecule has 0 bridgehead atoms. The minimum absolute atomic E-state index is 0.0354. The Bertz CT molecular complexity index is 1520. The fraction of sp³-hybridized carbons (Fsp3) is 0.120. The predicted octanol–water partition coefficient (Wildman–Crippen LogP) is 5.26. The summed E-state index contributed by atoms with van der Waals surface area (Å²) in [5, 5.41) is 1.20. The van der Waals surface area contributed by atoms with E-state index in [-0.39, 0.29) is 12.1 Å². The molecule has 6 nitrogen and oxygen atoms in total. The summed E-state index contributed by atoms with van der Waals surface area (Å²) in [6.45, 7) is 4.22. The third kappa shape index (κ3) is 3.67. The Morgan fingerprint density at radius 2 is 1.88 bits per heavy atom. The molecule has 3 aromatic heterocycles. The van der Waals surface area contributed by atoms with Crippen molar-refractivity contribution in [1.82, 2.24) is 9.97 Å². The Morgan fingerprint density at radius 3 is 2.69 bits per heavy atom. The number of pyridine rings is 1. The molecule has 32 heavy (non-hydrogen) atoms. The number of aryl methyl sites for hydroxylation is 2. The van der Waals surface area contributed by atoms with Gasteiger partial charge < -0.3 is 4.42 Å². The van der Waals surface area contributed by atoms with Gasteiger partial charge in [0.1, 0.15) is 11.1 Å². The van der Waals surface area contributed by atoms with Crippen molar-refractivity contribution >= 4 is 43.6 Å². The second kappa shape index (κ2) is 8.01. The van der Waals surface area contributed by atoms with Crippen LogP contribution in [-0.4, -0.2) is 15.9 Å². The highest BCUT2D eigenvalue weighted by Crippen LogP contribution is 2.33. The lowest BCUT2D eigenvalue weighted by molar-refractivity contribution is 0.0981. The van der Waals surface area contributed by atoms with E-state index in [4.69, 9.17) is 9.40 Å². The van der Waals surface area contributed by atoms with Crippen LogP contribution in [0.3, 0.4) is 0 Å². The first-order valence-corrected chi connectivity index (χ1v) is 10.9. The van der Waals surface area contributed by atoms with Crippen LogP contribution in [0.15, 0.2) is 76.1 Å². The zero-order valence-corrected chi connectivity index (χ0v) is 18.3. The largest absolute Gasteiger partial charge is 0.422 e. The van der Waals surface area contributed by atoms with Gasteiger partial charge in [-0.2, -0.15) is 0 Å². The minimum Gasteiger partial charge on any atom is -0.422 e. The van der Waals surface area contributed by atoms with Crippen molar-refractivity contribution in [2.75, 3.05) is 4.90 Å². The number of nitrogens with zero attached hydrogens (tertiary/aromatic N) is 3. The van der Waals surface area contributed by atoms with Crippen LogP contribution in [0.5, 0.6) is 0 Å². The highest BCUT2D eigenvalue weighted by Gasteiger charge is 2.26. The highest BCUT2D eigenvalue weighted by atomic mass is 32.1. The van der Waals surface area contributed by atoms with Gasteiger partial charge in [-0.05, 0) is 55.3 Å². The number of anilines is 1. The molecule has 5 rings (SSSR count). The molecule has 0 unspecified atom stereocenters. The van der Waals surface area contributed by atoms with Crippen LogP contribution in [0, 0.1) is 13.8 Å². The maximum Gasteiger partial charge on any atom is 0.349 e. The molecule has 158 valence electrons. The lowest BCUT2D eigenvalue weighted by Gasteiger charge is -2.19. The molecular formula is C25H19N3O3S. The monoisotopic (exact) mass is 441 g/mol. The first kappa shape index (κ1) is 20.1. The second-order valence-electron chi connectivity index (χ2n) is 7.62. The number of hydrogen-bond donors (Lipinski definition) is 0. The van der Waals surface area contributed by atoms with Crippen molar-refractivity contribution < 1.29 is 9.21 Å². The standard InChI is InChI=1S/C25H19N3O3S/c1-15-11-16(2)22-21(12-15)32-25(27-22)28(14-18-8-5-6-10-26-18)23(29)19-13-17-7-3-4-9-20(17)31-24(19)30/h3-13H,14H2,1-2H3. The Hall–Kier alpha value is -3.84. The van der Waals surface area contributed by atoms with Gasteiger partial charge in [0, 0.05) is 11.6 Å². The SMILES string of the molecule is Cc1cc(C)c2nc(N(Cc3ccccn3)C(=O)c3cc4ccccc4oc3=O)sc2c1. The number of amides is 1. The van der Waals surface area contributed by atoms with Crippen LogP contribution in [0.2, 0.25) is 0 Å². The zero-order chi connectivity index (χ0) is 22.2. The van der Waals surface area contributed by atoms with Crippen molar-refractivity contribution in [1.29, 1.82) is 0 Å². The molecule has 1 amide bonds. The van der Waals surface area contributed by atoms with E-state index in [0.29, 0.717) is 21.8 Å². The number of thiazole rings is 1. The van der Waals surface area contributed by atoms with Gasteiger partial charge in [0.15, 0.2) is 5.13 Å². The molecule has 2 aromatic carbocycles. The van der Waals surface area contributed by atoms with Gasteiger partial charge in [-0.15, -0.1) is 0 Å². The van der Waals surface area contributed by atoms with Gasteiger partial charge >= 0.3 is 5.63 Å². The molecule has 0 aliphatic carbocycles. The summed E-state index contributed by atoms with van der Waals surface area (Å²) in [7, 11) is 0. The number of para-hydroxylation sites is 1. The third-order valence-corrected chi connectivity index (χ3v) is 6.24. The van der Waals surface area contributed by atoms with E-state index in [2.05, 4.69) is 17.1 Å². The molecule has 0 radical (unpaired) electrons. The van der Waals surface area contributed by atoms with E-state index in [1.807, 2.05) is 44.2 Å². The highest BCUT2D eigenvalue weighted by molar-refractivity contribution is 7.22. The average molecular weight is 442 g/mol. The molecule has 7 heteroatoms. The van der Waals surface area contributed by atoms with Crippen LogP contribution >= 0.6 is 11.3 Å². The Labute approximate surface area is 187 Å². The maximum absolute atomic E-state index is 13.6. The molecule has 0 aliphatic heterocycles. The molecule has 0 spiro atoms. The van der Waals surface area contributed by atoms with E-state index in [1.54, 1.807) is 24.4 Å². The smallest absolute Gasteiger partial charge is 0.349 e. The summed E-state index contributed by atoms with van der Waals surface area (Å²) in [6.07, 6.45) is 1.67.